The Labute approximate surface area is 151 Å². The van der Waals surface area contributed by atoms with Crippen molar-refractivity contribution >= 4 is 5.82 Å². The summed E-state index contributed by atoms with van der Waals surface area (Å²) in [4.78, 5) is 16.4. The number of ether oxygens (including phenoxy) is 2. The Hall–Kier alpha value is -3.49. The van der Waals surface area contributed by atoms with Crippen molar-refractivity contribution in [3.05, 3.63) is 39.7 Å². The summed E-state index contributed by atoms with van der Waals surface area (Å²) in [5.74, 6) is 0.663. The second kappa shape index (κ2) is 8.06. The van der Waals surface area contributed by atoms with Crippen molar-refractivity contribution in [1.29, 1.82) is 10.5 Å². The Morgan fingerprint density at radius 1 is 1.23 bits per heavy atom. The van der Waals surface area contributed by atoms with Crippen molar-refractivity contribution < 1.29 is 9.47 Å². The van der Waals surface area contributed by atoms with E-state index in [9.17, 15) is 15.3 Å². The molecular formula is C18H19N5O3. The molecule has 2 aromatic rings. The molecule has 0 fully saturated rings. The molecule has 0 saturated carbocycles. The third kappa shape index (κ3) is 3.61. The number of para-hydroxylation sites is 1. The number of nitrogens with one attached hydrogen (secondary N) is 1. The van der Waals surface area contributed by atoms with Gasteiger partial charge in [-0.05, 0) is 20.2 Å². The zero-order chi connectivity index (χ0) is 19.3. The quantitative estimate of drug-likeness (QED) is 0.801. The third-order valence-corrected chi connectivity index (χ3v) is 3.72. The van der Waals surface area contributed by atoms with Crippen molar-refractivity contribution in [3.63, 3.8) is 0 Å². The standard InChI is InChI=1S/C18H19N5O3/c1-23(2)7-8-26-16-11(5-4-6-14(16)25-3)15-12(9-19)17(21)22-18(24)13(15)10-20/h4-6H,7-8H2,1-3H3,(H3,21,22,24). The van der Waals surface area contributed by atoms with Crippen LogP contribution in [0.25, 0.3) is 11.1 Å². The van der Waals surface area contributed by atoms with Gasteiger partial charge < -0.3 is 25.1 Å². The average molecular weight is 353 g/mol. The van der Waals surface area contributed by atoms with Crippen LogP contribution in [0.5, 0.6) is 11.5 Å². The lowest BCUT2D eigenvalue weighted by molar-refractivity contribution is 0.251. The van der Waals surface area contributed by atoms with Crippen molar-refractivity contribution in [2.24, 2.45) is 0 Å². The highest BCUT2D eigenvalue weighted by Gasteiger charge is 2.23. The summed E-state index contributed by atoms with van der Waals surface area (Å²) in [6, 6.07) is 8.84. The van der Waals surface area contributed by atoms with Gasteiger partial charge in [-0.3, -0.25) is 4.79 Å². The van der Waals surface area contributed by atoms with E-state index in [0.717, 1.165) is 0 Å². The Bertz CT molecular complexity index is 951. The Kier molecular flexibility index (Phi) is 5.84. The maximum Gasteiger partial charge on any atom is 0.268 e. The average Bonchev–Trinajstić information content (AvgIpc) is 2.61. The normalized spacial score (nSPS) is 10.2. The van der Waals surface area contributed by atoms with Gasteiger partial charge in [0.05, 0.1) is 7.11 Å². The summed E-state index contributed by atoms with van der Waals surface area (Å²) in [5, 5.41) is 18.9. The number of pyridine rings is 1. The molecule has 0 spiro atoms. The number of nitrogen functional groups attached to an aromatic ring is 1. The molecule has 0 aliphatic heterocycles. The first-order valence-electron chi connectivity index (χ1n) is 7.75. The molecule has 0 saturated heterocycles. The maximum absolute atomic E-state index is 12.2. The minimum absolute atomic E-state index is 0.00635. The first kappa shape index (κ1) is 18.8. The molecule has 0 amide bonds. The summed E-state index contributed by atoms with van der Waals surface area (Å²) in [7, 11) is 5.30. The fourth-order valence-electron chi connectivity index (χ4n) is 2.47. The lowest BCUT2D eigenvalue weighted by Gasteiger charge is -2.18. The van der Waals surface area contributed by atoms with E-state index in [1.165, 1.54) is 7.11 Å². The Morgan fingerprint density at radius 2 is 1.92 bits per heavy atom. The van der Waals surface area contributed by atoms with E-state index in [-0.39, 0.29) is 22.5 Å². The van der Waals surface area contributed by atoms with Crippen LogP contribution in [0.3, 0.4) is 0 Å². The van der Waals surface area contributed by atoms with Gasteiger partial charge in [0.25, 0.3) is 5.56 Å². The molecule has 0 unspecified atom stereocenters. The van der Waals surface area contributed by atoms with E-state index in [1.54, 1.807) is 18.2 Å². The zero-order valence-corrected chi connectivity index (χ0v) is 14.8. The number of benzene rings is 1. The minimum atomic E-state index is -0.666. The number of aromatic nitrogens is 1. The number of anilines is 1. The molecule has 1 aromatic carbocycles. The number of nitriles is 2. The molecule has 26 heavy (non-hydrogen) atoms. The van der Waals surface area contributed by atoms with Crippen molar-refractivity contribution in [2.75, 3.05) is 40.1 Å². The van der Waals surface area contributed by atoms with Gasteiger partial charge in [0.1, 0.15) is 35.7 Å². The lowest BCUT2D eigenvalue weighted by Crippen LogP contribution is -2.20. The van der Waals surface area contributed by atoms with Crippen molar-refractivity contribution in [3.8, 4) is 34.8 Å². The smallest absolute Gasteiger partial charge is 0.268 e. The fourth-order valence-corrected chi connectivity index (χ4v) is 2.47. The second-order valence-electron chi connectivity index (χ2n) is 5.71. The molecule has 0 atom stereocenters. The molecule has 2 rings (SSSR count). The van der Waals surface area contributed by atoms with Crippen LogP contribution >= 0.6 is 0 Å². The van der Waals surface area contributed by atoms with Crippen molar-refractivity contribution in [2.45, 2.75) is 0 Å². The van der Waals surface area contributed by atoms with E-state index in [4.69, 9.17) is 15.2 Å². The summed E-state index contributed by atoms with van der Waals surface area (Å²) in [5.41, 5.74) is 5.45. The summed E-state index contributed by atoms with van der Waals surface area (Å²) >= 11 is 0. The van der Waals surface area contributed by atoms with Crippen LogP contribution in [0.15, 0.2) is 23.0 Å². The maximum atomic E-state index is 12.2. The van der Waals surface area contributed by atoms with Crippen LogP contribution in [0.2, 0.25) is 0 Å². The monoisotopic (exact) mass is 353 g/mol. The van der Waals surface area contributed by atoms with E-state index < -0.39 is 5.56 Å². The zero-order valence-electron chi connectivity index (χ0n) is 14.8. The highest BCUT2D eigenvalue weighted by molar-refractivity contribution is 5.85. The molecule has 0 aliphatic carbocycles. The summed E-state index contributed by atoms with van der Waals surface area (Å²) < 4.78 is 11.2. The number of methoxy groups -OCH3 is 1. The predicted octanol–water partition coefficient (Wildman–Crippen LogP) is 1.32. The van der Waals surface area contributed by atoms with Gasteiger partial charge in [-0.1, -0.05) is 12.1 Å². The van der Waals surface area contributed by atoms with Crippen molar-refractivity contribution in [1.82, 2.24) is 9.88 Å². The summed E-state index contributed by atoms with van der Waals surface area (Å²) in [6.45, 7) is 0.994. The number of rotatable bonds is 6. The Morgan fingerprint density at radius 3 is 2.50 bits per heavy atom. The van der Waals surface area contributed by atoms with Crippen LogP contribution in [0, 0.1) is 22.7 Å². The number of H-pyrrole nitrogens is 1. The molecule has 0 radical (unpaired) electrons. The number of nitrogens with zero attached hydrogens (tertiary/aromatic N) is 3. The lowest BCUT2D eigenvalue weighted by atomic mass is 9.95. The van der Waals surface area contributed by atoms with E-state index >= 15 is 0 Å². The van der Waals surface area contributed by atoms with Gasteiger partial charge in [-0.25, -0.2) is 0 Å². The van der Waals surface area contributed by atoms with Crippen LogP contribution < -0.4 is 20.8 Å². The molecular weight excluding hydrogens is 334 g/mol. The first-order valence-corrected chi connectivity index (χ1v) is 7.75. The van der Waals surface area contributed by atoms with Gasteiger partial charge in [-0.15, -0.1) is 0 Å². The number of nitrogens with two attached hydrogens (primary N) is 1. The number of likely N-dealkylation sites (N-methyl/N-ethyl adjacent to an activating group) is 1. The van der Waals surface area contributed by atoms with E-state index in [2.05, 4.69) is 4.98 Å². The summed E-state index contributed by atoms with van der Waals surface area (Å²) in [6.07, 6.45) is 0. The van der Waals surface area contributed by atoms with Gasteiger partial charge >= 0.3 is 0 Å². The van der Waals surface area contributed by atoms with Crippen LogP contribution in [-0.4, -0.2) is 44.2 Å². The third-order valence-electron chi connectivity index (χ3n) is 3.72. The predicted molar refractivity (Wildman–Crippen MR) is 96.9 cm³/mol. The highest BCUT2D eigenvalue weighted by Crippen LogP contribution is 2.40. The van der Waals surface area contributed by atoms with Gasteiger partial charge in [0.2, 0.25) is 0 Å². The molecule has 1 aromatic heterocycles. The second-order valence-corrected chi connectivity index (χ2v) is 5.71. The SMILES string of the molecule is COc1cccc(-c2c(C#N)c(N)[nH]c(=O)c2C#N)c1OCCN(C)C. The van der Waals surface area contributed by atoms with Crippen LogP contribution in [-0.2, 0) is 0 Å². The molecule has 8 heteroatoms. The Balaban J connectivity index is 2.75. The van der Waals surface area contributed by atoms with Gasteiger partial charge in [-0.2, -0.15) is 10.5 Å². The fraction of sp³-hybridized carbons (Fsp3) is 0.278. The van der Waals surface area contributed by atoms with Gasteiger partial charge in [0, 0.05) is 17.7 Å². The van der Waals surface area contributed by atoms with E-state index in [1.807, 2.05) is 31.1 Å². The molecule has 134 valence electrons. The number of hydrogen-bond acceptors (Lipinski definition) is 7. The minimum Gasteiger partial charge on any atom is -0.493 e. The first-order chi connectivity index (χ1) is 12.4. The highest BCUT2D eigenvalue weighted by atomic mass is 16.5. The van der Waals surface area contributed by atoms with Crippen LogP contribution in [0.1, 0.15) is 11.1 Å². The molecule has 8 nitrogen and oxygen atoms in total. The topological polar surface area (TPSA) is 128 Å². The number of hydrogen-bond donors (Lipinski definition) is 2. The molecule has 3 N–H and O–H groups in total. The molecule has 0 bridgehead atoms. The molecule has 1 heterocycles. The van der Waals surface area contributed by atoms with Gasteiger partial charge in [0.15, 0.2) is 11.5 Å². The number of aromatic amines is 1. The van der Waals surface area contributed by atoms with Crippen LogP contribution in [0.4, 0.5) is 5.82 Å². The molecule has 0 aliphatic rings. The largest absolute Gasteiger partial charge is 0.493 e. The van der Waals surface area contributed by atoms with E-state index in [0.29, 0.717) is 30.2 Å².